The summed E-state index contributed by atoms with van der Waals surface area (Å²) in [5, 5.41) is 0. The second-order valence-corrected chi connectivity index (χ2v) is 5.26. The van der Waals surface area contributed by atoms with Gasteiger partial charge in [0.25, 0.3) is 0 Å². The number of hydrogen-bond donors (Lipinski definition) is 0. The fourth-order valence-electron chi connectivity index (χ4n) is 2.52. The van der Waals surface area contributed by atoms with Crippen molar-refractivity contribution in [2.45, 2.75) is 33.0 Å². The van der Waals surface area contributed by atoms with Crippen LogP contribution < -0.4 is 0 Å². The van der Waals surface area contributed by atoms with E-state index in [9.17, 15) is 9.59 Å². The summed E-state index contributed by atoms with van der Waals surface area (Å²) in [5.41, 5.74) is 0.917. The number of hydrogen-bond acceptors (Lipinski definition) is 5. The largest absolute Gasteiger partial charge is 0.469 e. The number of rotatable bonds is 4. The average molecular weight is 337 g/mol. The molecule has 0 aromatic heterocycles. The molecule has 0 radical (unpaired) electrons. The molecule has 2 atom stereocenters. The molecule has 1 aromatic rings. The number of benzene rings is 1. The molecule has 1 heterocycles. The molecule has 1 aliphatic heterocycles. The highest BCUT2D eigenvalue weighted by Gasteiger charge is 2.35. The lowest BCUT2D eigenvalue weighted by molar-refractivity contribution is -0.149. The van der Waals surface area contributed by atoms with Gasteiger partial charge in [0, 0.05) is 13.7 Å². The van der Waals surface area contributed by atoms with E-state index in [2.05, 4.69) is 0 Å². The van der Waals surface area contributed by atoms with Crippen molar-refractivity contribution in [2.75, 3.05) is 27.3 Å². The van der Waals surface area contributed by atoms with E-state index in [4.69, 9.17) is 14.2 Å². The van der Waals surface area contributed by atoms with Crippen molar-refractivity contribution in [1.29, 1.82) is 0 Å². The van der Waals surface area contributed by atoms with E-state index in [0.717, 1.165) is 5.56 Å². The minimum absolute atomic E-state index is 0.192. The fraction of sp³-hybridized carbons (Fsp3) is 0.556. The van der Waals surface area contributed by atoms with Crippen molar-refractivity contribution in [3.8, 4) is 0 Å². The summed E-state index contributed by atoms with van der Waals surface area (Å²) in [6, 6.07) is 9.45. The van der Waals surface area contributed by atoms with Crippen LogP contribution >= 0.6 is 0 Å². The van der Waals surface area contributed by atoms with Gasteiger partial charge in [-0.2, -0.15) is 0 Å². The maximum Gasteiger partial charge on any atom is 0.410 e. The van der Waals surface area contributed by atoms with E-state index in [0.29, 0.717) is 19.5 Å². The predicted octanol–water partition coefficient (Wildman–Crippen LogP) is 2.86. The molecule has 0 unspecified atom stereocenters. The third kappa shape index (κ3) is 5.85. The number of amides is 1. The molecular formula is C18H27NO5. The zero-order chi connectivity index (χ0) is 17.9. The highest BCUT2D eigenvalue weighted by atomic mass is 16.6. The molecule has 2 rings (SSSR count). The van der Waals surface area contributed by atoms with Crippen LogP contribution in [0.25, 0.3) is 0 Å². The van der Waals surface area contributed by atoms with Crippen molar-refractivity contribution in [2.24, 2.45) is 5.92 Å². The standard InChI is InChI=1S/C16H21NO5.C2H6/c1-20-14-8-13(15(18)21-2)9-17(10-14)16(19)22-11-12-6-4-3-5-7-12;1-2/h3-7,13-14H,8-11H2,1-2H3;1-2H3/t13-,14-;/m1./s1. The van der Waals surface area contributed by atoms with Crippen molar-refractivity contribution in [1.82, 2.24) is 4.90 Å². The molecule has 0 spiro atoms. The van der Waals surface area contributed by atoms with Crippen LogP contribution in [0.15, 0.2) is 30.3 Å². The first kappa shape index (κ1) is 20.0. The van der Waals surface area contributed by atoms with Gasteiger partial charge >= 0.3 is 12.1 Å². The van der Waals surface area contributed by atoms with Crippen molar-refractivity contribution in [3.05, 3.63) is 35.9 Å². The molecule has 6 nitrogen and oxygen atoms in total. The highest BCUT2D eigenvalue weighted by molar-refractivity contribution is 5.75. The Hall–Kier alpha value is -2.08. The van der Waals surface area contributed by atoms with Gasteiger partial charge in [-0.1, -0.05) is 44.2 Å². The van der Waals surface area contributed by atoms with Crippen LogP contribution in [0.4, 0.5) is 4.79 Å². The maximum atomic E-state index is 12.2. The molecule has 1 amide bonds. The second kappa shape index (κ2) is 10.6. The Balaban J connectivity index is 0.00000139. The van der Waals surface area contributed by atoms with Crippen LogP contribution in [0.5, 0.6) is 0 Å². The summed E-state index contributed by atoms with van der Waals surface area (Å²) in [5.74, 6) is -0.712. The maximum absolute atomic E-state index is 12.2. The molecule has 1 fully saturated rings. The predicted molar refractivity (Wildman–Crippen MR) is 90.5 cm³/mol. The molecule has 0 aliphatic carbocycles. The zero-order valence-electron chi connectivity index (χ0n) is 14.9. The number of nitrogens with zero attached hydrogens (tertiary/aromatic N) is 1. The summed E-state index contributed by atoms with van der Waals surface area (Å²) in [6.45, 7) is 4.91. The van der Waals surface area contributed by atoms with Crippen molar-refractivity contribution >= 4 is 12.1 Å². The Morgan fingerprint density at radius 3 is 2.38 bits per heavy atom. The monoisotopic (exact) mass is 337 g/mol. The smallest absolute Gasteiger partial charge is 0.410 e. The van der Waals surface area contributed by atoms with Crippen LogP contribution in [0.1, 0.15) is 25.8 Å². The SMILES string of the molecule is CC.COC(=O)[C@@H]1C[C@@H](OC)CN(C(=O)OCc2ccccc2)C1. The van der Waals surface area contributed by atoms with Crippen LogP contribution in [-0.4, -0.2) is 50.4 Å². The first-order valence-electron chi connectivity index (χ1n) is 8.20. The Labute approximate surface area is 143 Å². The summed E-state index contributed by atoms with van der Waals surface area (Å²) in [4.78, 5) is 25.4. The van der Waals surface area contributed by atoms with E-state index < -0.39 is 6.09 Å². The van der Waals surface area contributed by atoms with E-state index >= 15 is 0 Å². The molecule has 6 heteroatoms. The Kier molecular flexibility index (Phi) is 8.86. The average Bonchev–Trinajstić information content (AvgIpc) is 2.67. The van der Waals surface area contributed by atoms with Crippen LogP contribution in [0.2, 0.25) is 0 Å². The molecule has 24 heavy (non-hydrogen) atoms. The van der Waals surface area contributed by atoms with Gasteiger partial charge < -0.3 is 19.1 Å². The number of likely N-dealkylation sites (tertiary alicyclic amines) is 1. The van der Waals surface area contributed by atoms with Crippen LogP contribution in [0, 0.1) is 5.92 Å². The summed E-state index contributed by atoms with van der Waals surface area (Å²) < 4.78 is 15.4. The molecule has 1 aromatic carbocycles. The molecule has 0 saturated carbocycles. The highest BCUT2D eigenvalue weighted by Crippen LogP contribution is 2.21. The number of methoxy groups -OCH3 is 2. The van der Waals surface area contributed by atoms with Gasteiger partial charge in [-0.05, 0) is 12.0 Å². The Morgan fingerprint density at radius 2 is 1.79 bits per heavy atom. The lowest BCUT2D eigenvalue weighted by Crippen LogP contribution is -2.49. The van der Waals surface area contributed by atoms with Gasteiger partial charge in [0.15, 0.2) is 0 Å². The Morgan fingerprint density at radius 1 is 1.12 bits per heavy atom. The minimum atomic E-state index is -0.445. The van der Waals surface area contributed by atoms with Crippen molar-refractivity contribution < 1.29 is 23.8 Å². The topological polar surface area (TPSA) is 65.1 Å². The van der Waals surface area contributed by atoms with E-state index in [1.807, 2.05) is 44.2 Å². The van der Waals surface area contributed by atoms with Gasteiger partial charge in [-0.15, -0.1) is 0 Å². The summed E-state index contributed by atoms with van der Waals surface area (Å²) in [7, 11) is 2.91. The molecule has 1 aliphatic rings. The lowest BCUT2D eigenvalue weighted by atomic mass is 9.96. The van der Waals surface area contributed by atoms with Gasteiger partial charge in [-0.3, -0.25) is 4.79 Å². The zero-order valence-corrected chi connectivity index (χ0v) is 14.9. The van der Waals surface area contributed by atoms with Gasteiger partial charge in [-0.25, -0.2) is 4.79 Å². The van der Waals surface area contributed by atoms with Crippen LogP contribution in [-0.2, 0) is 25.6 Å². The number of ether oxygens (including phenoxy) is 3. The van der Waals surface area contributed by atoms with Gasteiger partial charge in [0.05, 0.1) is 25.7 Å². The van der Waals surface area contributed by atoms with E-state index in [1.54, 1.807) is 7.11 Å². The molecule has 0 N–H and O–H groups in total. The van der Waals surface area contributed by atoms with Gasteiger partial charge in [0.1, 0.15) is 6.61 Å². The third-order valence-electron chi connectivity index (χ3n) is 3.74. The van der Waals surface area contributed by atoms with E-state index in [1.165, 1.54) is 12.0 Å². The minimum Gasteiger partial charge on any atom is -0.469 e. The molecule has 134 valence electrons. The summed E-state index contributed by atoms with van der Waals surface area (Å²) in [6.07, 6.45) is -0.0901. The number of esters is 1. The second-order valence-electron chi connectivity index (χ2n) is 5.26. The first-order chi connectivity index (χ1) is 11.6. The van der Waals surface area contributed by atoms with Crippen molar-refractivity contribution in [3.63, 3.8) is 0 Å². The molecule has 1 saturated heterocycles. The quantitative estimate of drug-likeness (QED) is 0.791. The number of piperidine rings is 1. The molecule has 0 bridgehead atoms. The summed E-state index contributed by atoms with van der Waals surface area (Å²) >= 11 is 0. The van der Waals surface area contributed by atoms with Crippen LogP contribution in [0.3, 0.4) is 0 Å². The third-order valence-corrected chi connectivity index (χ3v) is 3.74. The number of carbonyl (C=O) groups is 2. The first-order valence-corrected chi connectivity index (χ1v) is 8.20. The number of carbonyl (C=O) groups excluding carboxylic acids is 2. The fourth-order valence-corrected chi connectivity index (χ4v) is 2.52. The van der Waals surface area contributed by atoms with Gasteiger partial charge in [0.2, 0.25) is 0 Å². The normalized spacial score (nSPS) is 19.8. The lowest BCUT2D eigenvalue weighted by Gasteiger charge is -2.35. The van der Waals surface area contributed by atoms with E-state index in [-0.39, 0.29) is 24.6 Å². The Bertz CT molecular complexity index is 505. The molecular weight excluding hydrogens is 310 g/mol.